The molecule has 0 spiro atoms. The molecular weight excluding hydrogens is 560 g/mol. The minimum absolute atomic E-state index is 0.803. The van der Waals surface area contributed by atoms with E-state index in [2.05, 4.69) is 189 Å². The van der Waals surface area contributed by atoms with Gasteiger partial charge in [-0.15, -0.1) is 0 Å². The SMILES string of the molecule is c1ccc(-c2cc3ccc2C[n+]2ccc(cc2)-c2cc[n+](cc2)Cc2ccc(cc2)C[n+]2ccc(cc2)-c2cc[n+](cc2)C3)cc1. The van der Waals surface area contributed by atoms with E-state index in [1.807, 2.05) is 0 Å². The molecule has 0 saturated heterocycles. The van der Waals surface area contributed by atoms with E-state index >= 15 is 0 Å². The Morgan fingerprint density at radius 2 is 0.674 bits per heavy atom. The molecule has 46 heavy (non-hydrogen) atoms. The molecule has 0 aliphatic carbocycles. The molecule has 0 unspecified atom stereocenters. The summed E-state index contributed by atoms with van der Waals surface area (Å²) in [5, 5.41) is 0. The van der Waals surface area contributed by atoms with Crippen molar-refractivity contribution in [2.24, 2.45) is 0 Å². The topological polar surface area (TPSA) is 15.5 Å². The Balaban J connectivity index is 1.16. The van der Waals surface area contributed by atoms with Gasteiger partial charge in [-0.1, -0.05) is 66.7 Å². The van der Waals surface area contributed by atoms with Crippen molar-refractivity contribution in [3.63, 3.8) is 0 Å². The summed E-state index contributed by atoms with van der Waals surface area (Å²) in [5.41, 5.74) is 12.6. The van der Waals surface area contributed by atoms with E-state index in [9.17, 15) is 0 Å². The first-order valence-corrected chi connectivity index (χ1v) is 15.9. The normalized spacial score (nSPS) is 12.4. The van der Waals surface area contributed by atoms with Gasteiger partial charge >= 0.3 is 0 Å². The zero-order chi connectivity index (χ0) is 30.7. The number of nitrogens with zero attached hydrogens (tertiary/aromatic N) is 4. The second kappa shape index (κ2) is 12.3. The molecule has 16 aliphatic rings. The van der Waals surface area contributed by atoms with Gasteiger partial charge in [-0.05, 0) is 39.4 Å². The van der Waals surface area contributed by atoms with E-state index in [0.29, 0.717) is 0 Å². The fourth-order valence-electron chi connectivity index (χ4n) is 6.35. The lowest BCUT2D eigenvalue weighted by molar-refractivity contribution is -0.689. The fraction of sp³-hybridized carbons (Fsp3) is 0.0952. The van der Waals surface area contributed by atoms with Crippen LogP contribution in [0.3, 0.4) is 0 Å². The number of pyridine rings is 4. The van der Waals surface area contributed by atoms with E-state index in [-0.39, 0.29) is 0 Å². The number of aromatic nitrogens is 4. The molecule has 0 saturated carbocycles. The first-order chi connectivity index (χ1) is 22.7. The van der Waals surface area contributed by atoms with Gasteiger partial charge in [0.2, 0.25) is 0 Å². The average molecular weight is 597 g/mol. The third-order valence-corrected chi connectivity index (χ3v) is 8.96. The van der Waals surface area contributed by atoms with E-state index in [1.54, 1.807) is 0 Å². The van der Waals surface area contributed by atoms with Gasteiger partial charge < -0.3 is 0 Å². The summed E-state index contributed by atoms with van der Waals surface area (Å²) < 4.78 is 9.01. The highest BCUT2D eigenvalue weighted by molar-refractivity contribution is 5.68. The molecule has 12 bridgehead atoms. The van der Waals surface area contributed by atoms with Crippen LogP contribution in [0.5, 0.6) is 0 Å². The van der Waals surface area contributed by atoms with E-state index < -0.39 is 0 Å². The smallest absolute Gasteiger partial charge is 0.174 e. The second-order valence-electron chi connectivity index (χ2n) is 12.2. The Kier molecular flexibility index (Phi) is 7.45. The minimum Gasteiger partial charge on any atom is -0.201 e. The van der Waals surface area contributed by atoms with Crippen LogP contribution in [-0.4, -0.2) is 0 Å². The van der Waals surface area contributed by atoms with Crippen LogP contribution in [0.2, 0.25) is 0 Å². The maximum Gasteiger partial charge on any atom is 0.174 e. The van der Waals surface area contributed by atoms with Gasteiger partial charge in [0.05, 0.1) is 0 Å². The van der Waals surface area contributed by atoms with Crippen molar-refractivity contribution < 1.29 is 18.3 Å². The van der Waals surface area contributed by atoms with Crippen LogP contribution in [0.4, 0.5) is 0 Å². The molecule has 0 atom stereocenters. The molecule has 0 radical (unpaired) electrons. The fourth-order valence-corrected chi connectivity index (χ4v) is 6.35. The van der Waals surface area contributed by atoms with Gasteiger partial charge in [-0.25, -0.2) is 18.3 Å². The first-order valence-electron chi connectivity index (χ1n) is 15.9. The predicted octanol–water partition coefficient (Wildman–Crippen LogP) is 6.34. The lowest BCUT2D eigenvalue weighted by Gasteiger charge is -2.10. The zero-order valence-corrected chi connectivity index (χ0v) is 25.8. The van der Waals surface area contributed by atoms with E-state index in [0.717, 1.165) is 26.2 Å². The standard InChI is InChI=1S/C42H36N4/c1-2-4-40(5-3-1)42-28-35-10-11-41(42)32-46-26-18-39(19-27-46)37-14-22-44(23-15-37)30-34-8-6-33(7-9-34)29-43-20-12-36(13-21-43)38-16-24-45(31-35)25-17-38/h1-28H,29-32H2/q+4. The van der Waals surface area contributed by atoms with Crippen LogP contribution in [0.1, 0.15) is 22.3 Å². The molecule has 23 rings (SSSR count). The first kappa shape index (κ1) is 27.8. The van der Waals surface area contributed by atoms with Gasteiger partial charge in [0.15, 0.2) is 75.8 Å². The van der Waals surface area contributed by atoms with Crippen LogP contribution >= 0.6 is 0 Å². The van der Waals surface area contributed by atoms with Crippen molar-refractivity contribution in [3.8, 4) is 33.4 Å². The van der Waals surface area contributed by atoms with Crippen molar-refractivity contribution in [1.29, 1.82) is 0 Å². The second-order valence-corrected chi connectivity index (χ2v) is 12.2. The quantitative estimate of drug-likeness (QED) is 0.197. The summed E-state index contributed by atoms with van der Waals surface area (Å²) in [6.07, 6.45) is 17.5. The van der Waals surface area contributed by atoms with Crippen molar-refractivity contribution in [2.75, 3.05) is 0 Å². The van der Waals surface area contributed by atoms with Crippen LogP contribution in [0.25, 0.3) is 33.4 Å². The third-order valence-electron chi connectivity index (χ3n) is 8.96. The van der Waals surface area contributed by atoms with E-state index in [1.165, 1.54) is 55.6 Å². The van der Waals surface area contributed by atoms with Crippen molar-refractivity contribution in [1.82, 2.24) is 0 Å². The van der Waals surface area contributed by atoms with Gasteiger partial charge in [-0.2, -0.15) is 0 Å². The summed E-state index contributed by atoms with van der Waals surface area (Å²) in [7, 11) is 0. The number of rotatable bonds is 1. The highest BCUT2D eigenvalue weighted by Crippen LogP contribution is 2.26. The Hall–Kier alpha value is -5.74. The molecule has 3 aromatic carbocycles. The van der Waals surface area contributed by atoms with Crippen LogP contribution in [0, 0.1) is 0 Å². The maximum absolute atomic E-state index is 2.36. The Morgan fingerprint density at radius 1 is 0.304 bits per heavy atom. The highest BCUT2D eigenvalue weighted by Gasteiger charge is 2.15. The van der Waals surface area contributed by atoms with Crippen LogP contribution in [0.15, 0.2) is 171 Å². The minimum atomic E-state index is 0.803. The summed E-state index contributed by atoms with van der Waals surface area (Å²) >= 11 is 0. The Morgan fingerprint density at radius 3 is 1.11 bits per heavy atom. The molecule has 0 amide bonds. The van der Waals surface area contributed by atoms with Crippen LogP contribution in [-0.2, 0) is 26.2 Å². The maximum atomic E-state index is 2.36. The molecule has 0 N–H and O–H groups in total. The number of hydrogen-bond acceptors (Lipinski definition) is 0. The Bertz CT molecular complexity index is 2080. The summed E-state index contributed by atoms with van der Waals surface area (Å²) in [5.74, 6) is 0. The van der Waals surface area contributed by atoms with Crippen LogP contribution < -0.4 is 18.3 Å². The lowest BCUT2D eigenvalue weighted by Crippen LogP contribution is -2.34. The zero-order valence-electron chi connectivity index (χ0n) is 25.8. The van der Waals surface area contributed by atoms with Gasteiger partial charge in [-0.3, -0.25) is 0 Å². The predicted molar refractivity (Wildman–Crippen MR) is 179 cm³/mol. The molecule has 4 nitrogen and oxygen atoms in total. The molecule has 16 aliphatic heterocycles. The largest absolute Gasteiger partial charge is 0.201 e. The highest BCUT2D eigenvalue weighted by atomic mass is 14.9. The number of benzene rings is 3. The molecule has 20 heterocycles. The third kappa shape index (κ3) is 6.11. The molecule has 0 fully saturated rings. The van der Waals surface area contributed by atoms with Crippen molar-refractivity contribution in [2.45, 2.75) is 26.2 Å². The lowest BCUT2D eigenvalue weighted by atomic mass is 9.97. The monoisotopic (exact) mass is 596 g/mol. The van der Waals surface area contributed by atoms with Crippen molar-refractivity contribution in [3.05, 3.63) is 193 Å². The summed E-state index contributed by atoms with van der Waals surface area (Å²) in [6, 6.07) is 44.3. The molecule has 4 heteroatoms. The summed E-state index contributed by atoms with van der Waals surface area (Å²) in [6.45, 7) is 3.30. The average Bonchev–Trinajstić information content (AvgIpc) is 3.11. The van der Waals surface area contributed by atoms with Gasteiger partial charge in [0, 0.05) is 70.8 Å². The van der Waals surface area contributed by atoms with Crippen molar-refractivity contribution >= 4 is 0 Å². The number of hydrogen-bond donors (Lipinski definition) is 0. The molecule has 4 aromatic heterocycles. The van der Waals surface area contributed by atoms with E-state index in [4.69, 9.17) is 0 Å². The molecule has 220 valence electrons. The van der Waals surface area contributed by atoms with Gasteiger partial charge in [0.1, 0.15) is 0 Å². The Labute approximate surface area is 270 Å². The molecular formula is C42H36N4+4. The molecule has 7 aromatic rings. The summed E-state index contributed by atoms with van der Waals surface area (Å²) in [4.78, 5) is 0. The van der Waals surface area contributed by atoms with Gasteiger partial charge in [0.25, 0.3) is 0 Å².